The SMILES string of the molecule is CC[C@@H]1CC(N(Cc2cc(Cl)cc(C(F)(F)F)c2)c2ncc(-n3ccnc3)cn2)C[C@H](CC)N1C(=O)OC(C)C. The molecule has 1 aliphatic rings. The number of likely N-dealkylation sites (tertiary alicyclic amines) is 1. The fraction of sp³-hybridized carbons (Fsp3) is 0.500. The second kappa shape index (κ2) is 12.4. The number of ether oxygens (including phenoxy) is 1. The third-order valence-corrected chi connectivity index (χ3v) is 7.35. The molecule has 0 N–H and O–H groups in total. The maximum Gasteiger partial charge on any atom is 0.416 e. The molecule has 3 atom stereocenters. The van der Waals surface area contributed by atoms with Crippen molar-refractivity contribution in [3.63, 3.8) is 0 Å². The topological polar surface area (TPSA) is 76.4 Å². The Kier molecular flexibility index (Phi) is 9.22. The molecule has 0 bridgehead atoms. The Labute approximate surface area is 237 Å². The number of hydrogen-bond acceptors (Lipinski definition) is 6. The number of carbonyl (C=O) groups excluding carboxylic acids is 1. The van der Waals surface area contributed by atoms with E-state index in [4.69, 9.17) is 16.3 Å². The Bertz CT molecular complexity index is 1260. The number of piperidine rings is 1. The van der Waals surface area contributed by atoms with Crippen LogP contribution in [-0.4, -0.2) is 54.7 Å². The summed E-state index contributed by atoms with van der Waals surface area (Å²) in [5, 5.41) is 0.00488. The maximum absolute atomic E-state index is 13.6. The molecule has 1 fully saturated rings. The van der Waals surface area contributed by atoms with Crippen molar-refractivity contribution in [3.8, 4) is 5.69 Å². The van der Waals surface area contributed by atoms with Crippen molar-refractivity contribution >= 4 is 23.6 Å². The van der Waals surface area contributed by atoms with Crippen LogP contribution in [0.5, 0.6) is 0 Å². The normalized spacial score (nSPS) is 19.6. The molecule has 0 aliphatic carbocycles. The van der Waals surface area contributed by atoms with E-state index >= 15 is 0 Å². The van der Waals surface area contributed by atoms with Gasteiger partial charge in [0.05, 0.1) is 36.1 Å². The van der Waals surface area contributed by atoms with Crippen LogP contribution in [0, 0.1) is 0 Å². The van der Waals surface area contributed by atoms with Crippen molar-refractivity contribution in [1.29, 1.82) is 0 Å². The molecule has 2 aromatic heterocycles. The van der Waals surface area contributed by atoms with Gasteiger partial charge in [-0.15, -0.1) is 0 Å². The Morgan fingerprint density at radius 3 is 2.30 bits per heavy atom. The summed E-state index contributed by atoms with van der Waals surface area (Å²) in [6.45, 7) is 7.78. The zero-order valence-electron chi connectivity index (χ0n) is 23.0. The van der Waals surface area contributed by atoms with Gasteiger partial charge in [0, 0.05) is 42.1 Å². The minimum Gasteiger partial charge on any atom is -0.447 e. The number of rotatable bonds is 8. The Morgan fingerprint density at radius 1 is 1.12 bits per heavy atom. The minimum absolute atomic E-state index is 0.00488. The summed E-state index contributed by atoms with van der Waals surface area (Å²) in [6, 6.07) is 3.19. The van der Waals surface area contributed by atoms with Gasteiger partial charge in [0.15, 0.2) is 0 Å². The van der Waals surface area contributed by atoms with Crippen molar-refractivity contribution in [2.45, 2.75) is 90.3 Å². The van der Waals surface area contributed by atoms with Crippen LogP contribution in [0.1, 0.15) is 64.5 Å². The van der Waals surface area contributed by atoms with Gasteiger partial charge in [-0.2, -0.15) is 13.2 Å². The number of hydrogen-bond donors (Lipinski definition) is 0. The second-order valence-corrected chi connectivity index (χ2v) is 10.7. The zero-order valence-corrected chi connectivity index (χ0v) is 23.7. The summed E-state index contributed by atoms with van der Waals surface area (Å²) in [5.74, 6) is 0.380. The van der Waals surface area contributed by atoms with E-state index in [-0.39, 0.29) is 41.9 Å². The maximum atomic E-state index is 13.6. The smallest absolute Gasteiger partial charge is 0.416 e. The van der Waals surface area contributed by atoms with Crippen molar-refractivity contribution < 1.29 is 22.7 Å². The number of nitrogens with zero attached hydrogens (tertiary/aromatic N) is 6. The number of amides is 1. The highest BCUT2D eigenvalue weighted by atomic mass is 35.5. The molecule has 1 aliphatic heterocycles. The molecular formula is C28H34ClF3N6O2. The van der Waals surface area contributed by atoms with Gasteiger partial charge in [-0.05, 0) is 63.3 Å². The van der Waals surface area contributed by atoms with E-state index in [0.717, 1.165) is 12.1 Å². The van der Waals surface area contributed by atoms with Gasteiger partial charge < -0.3 is 19.1 Å². The number of benzene rings is 1. The first-order valence-corrected chi connectivity index (χ1v) is 13.8. The van der Waals surface area contributed by atoms with E-state index in [0.29, 0.717) is 42.9 Å². The van der Waals surface area contributed by atoms with Crippen molar-refractivity contribution in [2.24, 2.45) is 0 Å². The first-order valence-electron chi connectivity index (χ1n) is 13.4. The molecule has 0 spiro atoms. The van der Waals surface area contributed by atoms with E-state index in [9.17, 15) is 18.0 Å². The predicted molar refractivity (Wildman–Crippen MR) is 146 cm³/mol. The standard InChI is InChI=1S/C28H34ClF3N6O2/c1-5-22-12-24(13-23(6-2)38(22)27(39)40-18(3)4)37(16-19-9-20(28(30,31)32)11-21(29)10-19)26-34-14-25(15-35-26)36-8-7-33-17-36/h7-11,14-15,17-18,22-24H,5-6,12-13,16H2,1-4H3/t22-,23+,24?. The molecule has 1 unspecified atom stereocenters. The lowest BCUT2D eigenvalue weighted by atomic mass is 9.87. The van der Waals surface area contributed by atoms with Crippen LogP contribution in [0.3, 0.4) is 0 Å². The summed E-state index contributed by atoms with van der Waals surface area (Å²) >= 11 is 6.12. The van der Waals surface area contributed by atoms with Crippen LogP contribution in [0.25, 0.3) is 5.69 Å². The van der Waals surface area contributed by atoms with Crippen molar-refractivity contribution in [2.75, 3.05) is 4.90 Å². The van der Waals surface area contributed by atoms with Gasteiger partial charge in [-0.1, -0.05) is 25.4 Å². The molecule has 12 heteroatoms. The summed E-state index contributed by atoms with van der Waals surface area (Å²) < 4.78 is 48.1. The highest BCUT2D eigenvalue weighted by molar-refractivity contribution is 6.30. The van der Waals surface area contributed by atoms with E-state index in [2.05, 4.69) is 15.0 Å². The lowest BCUT2D eigenvalue weighted by molar-refractivity contribution is -0.137. The lowest BCUT2D eigenvalue weighted by Gasteiger charge is -2.47. The molecule has 0 saturated carbocycles. The van der Waals surface area contributed by atoms with Gasteiger partial charge in [0.2, 0.25) is 5.95 Å². The van der Waals surface area contributed by atoms with Gasteiger partial charge in [0.25, 0.3) is 0 Å². The third-order valence-electron chi connectivity index (χ3n) is 7.13. The van der Waals surface area contributed by atoms with E-state index < -0.39 is 11.7 Å². The van der Waals surface area contributed by atoms with Crippen LogP contribution in [0.2, 0.25) is 5.02 Å². The third kappa shape index (κ3) is 6.86. The Balaban J connectivity index is 1.70. The zero-order chi connectivity index (χ0) is 29.0. The van der Waals surface area contributed by atoms with E-state index in [1.165, 1.54) is 6.07 Å². The molecule has 3 heterocycles. The monoisotopic (exact) mass is 578 g/mol. The number of anilines is 1. The number of aromatic nitrogens is 4. The van der Waals surface area contributed by atoms with Crippen LogP contribution in [0.4, 0.5) is 23.9 Å². The number of halogens is 4. The van der Waals surface area contributed by atoms with Gasteiger partial charge >= 0.3 is 12.3 Å². The van der Waals surface area contributed by atoms with Crippen LogP contribution in [0.15, 0.2) is 49.3 Å². The van der Waals surface area contributed by atoms with Gasteiger partial charge in [-0.25, -0.2) is 19.7 Å². The fourth-order valence-corrected chi connectivity index (χ4v) is 5.52. The first-order chi connectivity index (χ1) is 19.0. The number of carbonyl (C=O) groups is 1. The highest BCUT2D eigenvalue weighted by Crippen LogP contribution is 2.35. The summed E-state index contributed by atoms with van der Waals surface area (Å²) in [7, 11) is 0. The van der Waals surface area contributed by atoms with Crippen molar-refractivity contribution in [1.82, 2.24) is 24.4 Å². The average Bonchev–Trinajstić information content (AvgIpc) is 3.45. The van der Waals surface area contributed by atoms with Crippen LogP contribution < -0.4 is 4.90 Å². The molecule has 3 aromatic rings. The molecule has 216 valence electrons. The molecule has 40 heavy (non-hydrogen) atoms. The lowest BCUT2D eigenvalue weighted by Crippen LogP contribution is -2.57. The Morgan fingerprint density at radius 2 is 1.77 bits per heavy atom. The first kappa shape index (κ1) is 29.6. The van der Waals surface area contributed by atoms with E-state index in [1.54, 1.807) is 35.7 Å². The molecule has 8 nitrogen and oxygen atoms in total. The van der Waals surface area contributed by atoms with Crippen LogP contribution >= 0.6 is 11.6 Å². The van der Waals surface area contributed by atoms with Crippen LogP contribution in [-0.2, 0) is 17.5 Å². The predicted octanol–water partition coefficient (Wildman–Crippen LogP) is 6.91. The number of alkyl halides is 3. The largest absolute Gasteiger partial charge is 0.447 e. The average molecular weight is 579 g/mol. The molecular weight excluding hydrogens is 545 g/mol. The second-order valence-electron chi connectivity index (χ2n) is 10.3. The minimum atomic E-state index is -4.53. The summed E-state index contributed by atoms with van der Waals surface area (Å²) in [6.07, 6.45) is 5.79. The summed E-state index contributed by atoms with van der Waals surface area (Å²) in [4.78, 5) is 30.1. The molecule has 4 rings (SSSR count). The van der Waals surface area contributed by atoms with Gasteiger partial charge in [-0.3, -0.25) is 0 Å². The molecule has 1 amide bonds. The fourth-order valence-electron chi connectivity index (χ4n) is 5.26. The van der Waals surface area contributed by atoms with E-state index in [1.807, 2.05) is 37.5 Å². The number of imidazole rings is 1. The molecule has 1 saturated heterocycles. The summed E-state index contributed by atoms with van der Waals surface area (Å²) in [5.41, 5.74) is 0.285. The highest BCUT2D eigenvalue weighted by Gasteiger charge is 2.41. The quantitative estimate of drug-likeness (QED) is 0.289. The molecule has 1 aromatic carbocycles. The van der Waals surface area contributed by atoms with Gasteiger partial charge in [0.1, 0.15) is 0 Å². The molecule has 0 radical (unpaired) electrons. The Hall–Kier alpha value is -3.34. The van der Waals surface area contributed by atoms with Crippen molar-refractivity contribution in [3.05, 3.63) is 65.5 Å².